The first-order chi connectivity index (χ1) is 9.88. The number of halogens is 2. The summed E-state index contributed by atoms with van der Waals surface area (Å²) >= 11 is 8.00. The van der Waals surface area contributed by atoms with Crippen LogP contribution in [-0.2, 0) is 14.8 Å². The number of hydrogen-bond donors (Lipinski definition) is 1. The van der Waals surface area contributed by atoms with Crippen LogP contribution in [-0.4, -0.2) is 37.8 Å². The van der Waals surface area contributed by atoms with Crippen molar-refractivity contribution in [3.63, 3.8) is 0 Å². The smallest absolute Gasteiger partial charge is 0.245 e. The second-order valence-corrected chi connectivity index (χ2v) is 11.0. The third kappa shape index (κ3) is 3.08. The van der Waals surface area contributed by atoms with Gasteiger partial charge in [-0.25, -0.2) is 8.42 Å². The number of nitrogens with one attached hydrogen (secondary N) is 1. The van der Waals surface area contributed by atoms with E-state index in [4.69, 9.17) is 0 Å². The molecule has 2 atom stereocenters. The zero-order chi connectivity index (χ0) is 15.2. The maximum atomic E-state index is 12.8. The molecule has 1 aromatic heterocycles. The highest BCUT2D eigenvalue weighted by Gasteiger charge is 2.39. The molecule has 0 aromatic carbocycles. The van der Waals surface area contributed by atoms with Crippen LogP contribution >= 0.6 is 43.2 Å². The first-order valence-electron chi connectivity index (χ1n) is 6.62. The van der Waals surface area contributed by atoms with Gasteiger partial charge in [0, 0.05) is 25.6 Å². The topological polar surface area (TPSA) is 66.5 Å². The van der Waals surface area contributed by atoms with Crippen molar-refractivity contribution < 1.29 is 13.2 Å². The number of hydrogen-bond acceptors (Lipinski definition) is 4. The summed E-state index contributed by atoms with van der Waals surface area (Å²) in [4.78, 5) is 11.7. The van der Waals surface area contributed by atoms with E-state index in [0.717, 1.165) is 10.2 Å². The van der Waals surface area contributed by atoms with E-state index in [0.29, 0.717) is 34.6 Å². The fourth-order valence-corrected chi connectivity index (χ4v) is 8.21. The van der Waals surface area contributed by atoms with E-state index in [1.54, 1.807) is 10.4 Å². The lowest BCUT2D eigenvalue weighted by Gasteiger charge is -2.40. The average Bonchev–Trinajstić information content (AvgIpc) is 2.77. The summed E-state index contributed by atoms with van der Waals surface area (Å²) in [6.45, 7) is 0.927. The van der Waals surface area contributed by atoms with Gasteiger partial charge in [-0.3, -0.25) is 4.79 Å². The molecule has 2 aliphatic heterocycles. The van der Waals surface area contributed by atoms with Crippen LogP contribution in [0.3, 0.4) is 0 Å². The number of carbonyl (C=O) groups excluding carboxylic acids is 1. The van der Waals surface area contributed by atoms with E-state index < -0.39 is 10.0 Å². The molecule has 21 heavy (non-hydrogen) atoms. The van der Waals surface area contributed by atoms with Crippen molar-refractivity contribution >= 4 is 59.1 Å². The quantitative estimate of drug-likeness (QED) is 0.742. The van der Waals surface area contributed by atoms with Gasteiger partial charge >= 0.3 is 0 Å². The molecule has 1 amide bonds. The lowest BCUT2D eigenvalue weighted by molar-refractivity contribution is -0.124. The average molecular weight is 458 g/mol. The molecule has 0 radical (unpaired) electrons. The van der Waals surface area contributed by atoms with Crippen LogP contribution in [0.1, 0.15) is 19.3 Å². The Morgan fingerprint density at radius 1 is 1.33 bits per heavy atom. The predicted octanol–water partition coefficient (Wildman–Crippen LogP) is 2.56. The molecule has 0 aliphatic carbocycles. The zero-order valence-corrected chi connectivity index (χ0v) is 15.8. The van der Waals surface area contributed by atoms with Crippen LogP contribution in [0.2, 0.25) is 0 Å². The molecule has 5 nitrogen and oxygen atoms in total. The van der Waals surface area contributed by atoms with Crippen molar-refractivity contribution in [3.05, 3.63) is 13.6 Å². The molecule has 116 valence electrons. The minimum atomic E-state index is -3.48. The summed E-state index contributed by atoms with van der Waals surface area (Å²) in [6, 6.07) is 1.76. The number of sulfonamides is 1. The Kier molecular flexibility index (Phi) is 4.48. The van der Waals surface area contributed by atoms with Crippen molar-refractivity contribution in [2.75, 3.05) is 13.1 Å². The standard InChI is InChI=1S/C12H14Br2N2O3S2/c13-10-5-9(12(14)20-10)21(18,19)16-4-3-8-7(6-16)1-2-11(17)15-8/h5,7-8H,1-4,6H2,(H,15,17). The molecule has 2 fully saturated rings. The van der Waals surface area contributed by atoms with Crippen LogP contribution in [0.5, 0.6) is 0 Å². The van der Waals surface area contributed by atoms with E-state index in [-0.39, 0.29) is 17.9 Å². The molecular weight excluding hydrogens is 444 g/mol. The third-order valence-electron chi connectivity index (χ3n) is 4.03. The van der Waals surface area contributed by atoms with Crippen LogP contribution < -0.4 is 5.32 Å². The first kappa shape index (κ1) is 15.9. The highest BCUT2D eigenvalue weighted by Crippen LogP contribution is 2.38. The van der Waals surface area contributed by atoms with Crippen molar-refractivity contribution in [2.24, 2.45) is 5.92 Å². The monoisotopic (exact) mass is 456 g/mol. The van der Waals surface area contributed by atoms with Gasteiger partial charge in [0.05, 0.1) is 7.57 Å². The van der Waals surface area contributed by atoms with E-state index in [2.05, 4.69) is 37.2 Å². The maximum Gasteiger partial charge on any atom is 0.245 e. The summed E-state index contributed by atoms with van der Waals surface area (Å²) in [5, 5.41) is 2.97. The Hall–Kier alpha value is 0.0400. The predicted molar refractivity (Wildman–Crippen MR) is 87.7 cm³/mol. The molecule has 3 rings (SSSR count). The molecular formula is C12H14Br2N2O3S2. The summed E-state index contributed by atoms with van der Waals surface area (Å²) in [5.41, 5.74) is 0. The van der Waals surface area contributed by atoms with Crippen molar-refractivity contribution in [1.29, 1.82) is 0 Å². The fraction of sp³-hybridized carbons (Fsp3) is 0.583. The maximum absolute atomic E-state index is 12.8. The molecule has 1 N–H and O–H groups in total. The minimum Gasteiger partial charge on any atom is -0.353 e. The van der Waals surface area contributed by atoms with Gasteiger partial charge in [-0.2, -0.15) is 4.31 Å². The zero-order valence-electron chi connectivity index (χ0n) is 11.0. The lowest BCUT2D eigenvalue weighted by atomic mass is 9.86. The highest BCUT2D eigenvalue weighted by molar-refractivity contribution is 9.12. The van der Waals surface area contributed by atoms with Crippen LogP contribution in [0.25, 0.3) is 0 Å². The van der Waals surface area contributed by atoms with Gasteiger partial charge in [-0.05, 0) is 56.7 Å². The summed E-state index contributed by atoms with van der Waals surface area (Å²) in [7, 11) is -3.48. The van der Waals surface area contributed by atoms with Crippen molar-refractivity contribution in [2.45, 2.75) is 30.2 Å². The van der Waals surface area contributed by atoms with Crippen LogP contribution in [0, 0.1) is 5.92 Å². The number of fused-ring (bicyclic) bond motifs is 1. The van der Waals surface area contributed by atoms with Crippen LogP contribution in [0.15, 0.2) is 18.5 Å². The van der Waals surface area contributed by atoms with Gasteiger partial charge in [0.2, 0.25) is 15.9 Å². The van der Waals surface area contributed by atoms with E-state index in [1.165, 1.54) is 11.3 Å². The second kappa shape index (κ2) is 5.92. The largest absolute Gasteiger partial charge is 0.353 e. The van der Waals surface area contributed by atoms with E-state index in [9.17, 15) is 13.2 Å². The van der Waals surface area contributed by atoms with Gasteiger partial charge in [-0.15, -0.1) is 11.3 Å². The van der Waals surface area contributed by atoms with Gasteiger partial charge in [0.15, 0.2) is 0 Å². The molecule has 9 heteroatoms. The summed E-state index contributed by atoms with van der Waals surface area (Å²) in [5.74, 6) is 0.296. The van der Waals surface area contributed by atoms with E-state index >= 15 is 0 Å². The molecule has 2 saturated heterocycles. The molecule has 3 heterocycles. The number of amides is 1. The molecule has 0 saturated carbocycles. The Balaban J connectivity index is 1.82. The summed E-state index contributed by atoms with van der Waals surface area (Å²) in [6.07, 6.45) is 1.93. The molecule has 0 spiro atoms. The Morgan fingerprint density at radius 2 is 2.10 bits per heavy atom. The number of rotatable bonds is 2. The molecule has 2 aliphatic rings. The SMILES string of the molecule is O=C1CCC2CN(S(=O)(=O)c3cc(Br)sc3Br)CCC2N1. The first-order valence-corrected chi connectivity index (χ1v) is 10.5. The molecule has 0 bridgehead atoms. The third-order valence-corrected chi connectivity index (χ3v) is 8.65. The fourth-order valence-electron chi connectivity index (χ4n) is 2.94. The number of thiophene rings is 1. The van der Waals surface area contributed by atoms with E-state index in [1.807, 2.05) is 0 Å². The summed E-state index contributed by atoms with van der Waals surface area (Å²) < 4.78 is 28.5. The van der Waals surface area contributed by atoms with Crippen molar-refractivity contribution in [3.8, 4) is 0 Å². The molecule has 1 aromatic rings. The van der Waals surface area contributed by atoms with Gasteiger partial charge in [0.1, 0.15) is 4.90 Å². The Bertz CT molecular complexity index is 674. The highest BCUT2D eigenvalue weighted by atomic mass is 79.9. The van der Waals surface area contributed by atoms with Gasteiger partial charge in [-0.1, -0.05) is 0 Å². The Labute approximate surface area is 144 Å². The van der Waals surface area contributed by atoms with Gasteiger partial charge < -0.3 is 5.32 Å². The van der Waals surface area contributed by atoms with Crippen molar-refractivity contribution in [1.82, 2.24) is 9.62 Å². The lowest BCUT2D eigenvalue weighted by Crippen LogP contribution is -2.54. The minimum absolute atomic E-state index is 0.0806. The second-order valence-electron chi connectivity index (χ2n) is 5.31. The van der Waals surface area contributed by atoms with Crippen LogP contribution in [0.4, 0.5) is 0 Å². The normalized spacial score (nSPS) is 27.2. The number of piperidine rings is 2. The molecule has 2 unspecified atom stereocenters. The number of nitrogens with zero attached hydrogens (tertiary/aromatic N) is 1. The van der Waals surface area contributed by atoms with Gasteiger partial charge in [0.25, 0.3) is 0 Å². The number of carbonyl (C=O) groups is 1. The Morgan fingerprint density at radius 3 is 2.76 bits per heavy atom.